The van der Waals surface area contributed by atoms with E-state index in [2.05, 4.69) is 21.9 Å². The van der Waals surface area contributed by atoms with Gasteiger partial charge in [0.15, 0.2) is 0 Å². The second-order valence-electron chi connectivity index (χ2n) is 1.71. The lowest BCUT2D eigenvalue weighted by molar-refractivity contribution is 0.154. The summed E-state index contributed by atoms with van der Waals surface area (Å²) in [6.45, 7) is 5.26. The lowest BCUT2D eigenvalue weighted by atomic mass is 10.4. The molecule has 0 radical (unpaired) electrons. The predicted molar refractivity (Wildman–Crippen MR) is 38.8 cm³/mol. The molecule has 0 rings (SSSR count). The molecule has 1 N–H and O–H groups in total. The van der Waals surface area contributed by atoms with E-state index in [0.717, 1.165) is 5.57 Å². The molecule has 10 heavy (non-hydrogen) atoms. The molecule has 0 fully saturated rings. The van der Waals surface area contributed by atoms with Gasteiger partial charge in [-0.25, -0.2) is 4.79 Å². The van der Waals surface area contributed by atoms with E-state index in [-0.39, 0.29) is 0 Å². The maximum atomic E-state index is 10.3. The van der Waals surface area contributed by atoms with Crippen molar-refractivity contribution in [2.24, 2.45) is 5.16 Å². The van der Waals surface area contributed by atoms with Crippen LogP contribution in [0.15, 0.2) is 17.3 Å². The second-order valence-corrected chi connectivity index (χ2v) is 1.71. The van der Waals surface area contributed by atoms with E-state index in [1.165, 1.54) is 13.3 Å². The zero-order valence-electron chi connectivity index (χ0n) is 6.05. The van der Waals surface area contributed by atoms with E-state index >= 15 is 0 Å². The summed E-state index contributed by atoms with van der Waals surface area (Å²) in [6.07, 6.45) is 0.771. The van der Waals surface area contributed by atoms with Gasteiger partial charge in [0.2, 0.25) is 0 Å². The molecule has 0 aromatic rings. The number of allylic oxidation sites excluding steroid dienone is 1. The topological polar surface area (TPSA) is 50.7 Å². The van der Waals surface area contributed by atoms with Crippen molar-refractivity contribution in [1.82, 2.24) is 5.32 Å². The molecule has 0 saturated carbocycles. The first kappa shape index (κ1) is 8.68. The summed E-state index contributed by atoms with van der Waals surface area (Å²) in [5.41, 5.74) is 0.726. The van der Waals surface area contributed by atoms with E-state index in [1.807, 2.05) is 0 Å². The standard InChI is InChI=1S/C6H10N2O2/c1-5(2)4-8-10-6(9)7-3/h4H,1H2,2-3H3,(H,7,9)/b8-4+. The lowest BCUT2D eigenvalue weighted by Gasteiger charge is -1.92. The first-order valence-electron chi connectivity index (χ1n) is 2.74. The van der Waals surface area contributed by atoms with Crippen LogP contribution in [0.1, 0.15) is 6.92 Å². The van der Waals surface area contributed by atoms with Crippen LogP contribution >= 0.6 is 0 Å². The van der Waals surface area contributed by atoms with Gasteiger partial charge in [-0.3, -0.25) is 4.84 Å². The minimum Gasteiger partial charge on any atom is -0.323 e. The Kier molecular flexibility index (Phi) is 3.95. The van der Waals surface area contributed by atoms with Crippen molar-refractivity contribution in [3.05, 3.63) is 12.2 Å². The Bertz CT molecular complexity index is 163. The van der Waals surface area contributed by atoms with E-state index in [0.29, 0.717) is 0 Å². The second kappa shape index (κ2) is 4.55. The van der Waals surface area contributed by atoms with Crippen molar-refractivity contribution in [3.8, 4) is 0 Å². The molecule has 0 atom stereocenters. The van der Waals surface area contributed by atoms with Crippen LogP contribution in [0, 0.1) is 0 Å². The molecule has 0 aliphatic rings. The summed E-state index contributed by atoms with van der Waals surface area (Å²) in [6, 6.07) is 0. The quantitative estimate of drug-likeness (QED) is 0.354. The average molecular weight is 142 g/mol. The van der Waals surface area contributed by atoms with E-state index in [9.17, 15) is 4.79 Å². The molecule has 0 heterocycles. The van der Waals surface area contributed by atoms with Crippen LogP contribution < -0.4 is 5.32 Å². The number of nitrogens with zero attached hydrogens (tertiary/aromatic N) is 1. The Hall–Kier alpha value is -1.32. The van der Waals surface area contributed by atoms with Gasteiger partial charge >= 0.3 is 6.09 Å². The molecular formula is C6H10N2O2. The van der Waals surface area contributed by atoms with Crippen LogP contribution in [0.4, 0.5) is 4.79 Å². The van der Waals surface area contributed by atoms with Crippen molar-refractivity contribution in [2.45, 2.75) is 6.92 Å². The van der Waals surface area contributed by atoms with Crippen molar-refractivity contribution >= 4 is 12.3 Å². The number of amides is 1. The maximum absolute atomic E-state index is 10.3. The Morgan fingerprint density at radius 2 is 2.40 bits per heavy atom. The molecule has 0 saturated heterocycles. The maximum Gasteiger partial charge on any atom is 0.433 e. The zero-order valence-corrected chi connectivity index (χ0v) is 6.05. The number of carbonyl (C=O) groups is 1. The monoisotopic (exact) mass is 142 g/mol. The minimum atomic E-state index is -0.586. The third-order valence-corrected chi connectivity index (χ3v) is 0.613. The summed E-state index contributed by atoms with van der Waals surface area (Å²) >= 11 is 0. The van der Waals surface area contributed by atoms with Crippen LogP contribution in [0.5, 0.6) is 0 Å². The van der Waals surface area contributed by atoms with Crippen molar-refractivity contribution in [3.63, 3.8) is 0 Å². The Labute approximate surface area is 59.5 Å². The number of hydrogen-bond acceptors (Lipinski definition) is 3. The third-order valence-electron chi connectivity index (χ3n) is 0.613. The fourth-order valence-corrected chi connectivity index (χ4v) is 0.210. The molecule has 56 valence electrons. The third kappa shape index (κ3) is 4.83. The number of rotatable bonds is 2. The Morgan fingerprint density at radius 1 is 1.80 bits per heavy atom. The number of oxime groups is 1. The first-order chi connectivity index (χ1) is 4.66. The van der Waals surface area contributed by atoms with Gasteiger partial charge in [0, 0.05) is 7.05 Å². The van der Waals surface area contributed by atoms with Gasteiger partial charge in [0.05, 0.1) is 6.21 Å². The number of nitrogens with one attached hydrogen (secondary N) is 1. The fourth-order valence-electron chi connectivity index (χ4n) is 0.210. The molecular weight excluding hydrogens is 132 g/mol. The summed E-state index contributed by atoms with van der Waals surface area (Å²) in [5.74, 6) is 0. The van der Waals surface area contributed by atoms with E-state index < -0.39 is 6.09 Å². The molecule has 0 spiro atoms. The van der Waals surface area contributed by atoms with Gasteiger partial charge in [-0.05, 0) is 12.5 Å². The Morgan fingerprint density at radius 3 is 2.80 bits per heavy atom. The summed E-state index contributed by atoms with van der Waals surface area (Å²) in [4.78, 5) is 14.6. The molecule has 0 aromatic carbocycles. The van der Waals surface area contributed by atoms with Gasteiger partial charge in [0.1, 0.15) is 0 Å². The summed E-state index contributed by atoms with van der Waals surface area (Å²) in [5, 5.41) is 5.54. The molecule has 0 aliphatic carbocycles. The molecule has 0 bridgehead atoms. The smallest absolute Gasteiger partial charge is 0.323 e. The van der Waals surface area contributed by atoms with Crippen molar-refractivity contribution < 1.29 is 9.63 Å². The predicted octanol–water partition coefficient (Wildman–Crippen LogP) is 0.904. The van der Waals surface area contributed by atoms with Crippen LogP contribution in [0.2, 0.25) is 0 Å². The van der Waals surface area contributed by atoms with E-state index in [1.54, 1.807) is 6.92 Å². The van der Waals surface area contributed by atoms with Gasteiger partial charge in [-0.1, -0.05) is 11.7 Å². The van der Waals surface area contributed by atoms with Gasteiger partial charge in [-0.15, -0.1) is 0 Å². The van der Waals surface area contributed by atoms with Crippen molar-refractivity contribution in [2.75, 3.05) is 7.05 Å². The normalized spacial score (nSPS) is 9.40. The fraction of sp³-hybridized carbons (Fsp3) is 0.333. The highest BCUT2D eigenvalue weighted by molar-refractivity contribution is 5.77. The summed E-state index contributed by atoms with van der Waals surface area (Å²) in [7, 11) is 1.46. The van der Waals surface area contributed by atoms with Crippen LogP contribution in [-0.2, 0) is 4.84 Å². The zero-order chi connectivity index (χ0) is 7.98. The van der Waals surface area contributed by atoms with Gasteiger partial charge in [-0.2, -0.15) is 0 Å². The SMILES string of the molecule is C=C(C)/C=N/OC(=O)NC. The van der Waals surface area contributed by atoms with Gasteiger partial charge in [0.25, 0.3) is 0 Å². The van der Waals surface area contributed by atoms with Crippen LogP contribution in [0.3, 0.4) is 0 Å². The van der Waals surface area contributed by atoms with E-state index in [4.69, 9.17) is 0 Å². The molecule has 4 nitrogen and oxygen atoms in total. The molecule has 1 amide bonds. The molecule has 4 heteroatoms. The highest BCUT2D eigenvalue weighted by atomic mass is 16.7. The molecule has 0 unspecified atom stereocenters. The molecule has 0 aromatic heterocycles. The number of carbonyl (C=O) groups excluding carboxylic acids is 1. The van der Waals surface area contributed by atoms with Crippen molar-refractivity contribution in [1.29, 1.82) is 0 Å². The van der Waals surface area contributed by atoms with Crippen LogP contribution in [0.25, 0.3) is 0 Å². The minimum absolute atomic E-state index is 0.586. The average Bonchev–Trinajstić information content (AvgIpc) is 1.87. The largest absolute Gasteiger partial charge is 0.433 e. The summed E-state index contributed by atoms with van der Waals surface area (Å²) < 4.78 is 0. The van der Waals surface area contributed by atoms with Gasteiger partial charge < -0.3 is 5.32 Å². The highest BCUT2D eigenvalue weighted by Gasteiger charge is 1.91. The molecule has 0 aliphatic heterocycles. The van der Waals surface area contributed by atoms with Crippen LogP contribution in [-0.4, -0.2) is 19.4 Å². The number of hydrogen-bond donors (Lipinski definition) is 1. The Balaban J connectivity index is 3.53. The highest BCUT2D eigenvalue weighted by Crippen LogP contribution is 1.81. The first-order valence-corrected chi connectivity index (χ1v) is 2.74. The lowest BCUT2D eigenvalue weighted by Crippen LogP contribution is -2.16.